The first kappa shape index (κ1) is 13.9. The predicted octanol–water partition coefficient (Wildman–Crippen LogP) is 0.781. The lowest BCUT2D eigenvalue weighted by Gasteiger charge is -2.10. The van der Waals surface area contributed by atoms with Crippen LogP contribution < -0.4 is 5.32 Å². The van der Waals surface area contributed by atoms with Gasteiger partial charge in [-0.15, -0.1) is 0 Å². The van der Waals surface area contributed by atoms with Gasteiger partial charge in [-0.1, -0.05) is 0 Å². The van der Waals surface area contributed by atoms with E-state index in [0.717, 1.165) is 0 Å². The van der Waals surface area contributed by atoms with Crippen LogP contribution in [0.1, 0.15) is 33.6 Å². The van der Waals surface area contributed by atoms with Crippen LogP contribution >= 0.6 is 0 Å². The van der Waals surface area contributed by atoms with E-state index in [1.165, 1.54) is 6.92 Å². The molecule has 15 heavy (non-hydrogen) atoms. The van der Waals surface area contributed by atoms with Crippen molar-refractivity contribution >= 4 is 11.9 Å². The van der Waals surface area contributed by atoms with Crippen LogP contribution in [0.5, 0.6) is 0 Å². The van der Waals surface area contributed by atoms with E-state index in [1.807, 2.05) is 13.8 Å². The van der Waals surface area contributed by atoms with Gasteiger partial charge < -0.3 is 15.2 Å². The third-order valence-electron chi connectivity index (χ3n) is 1.75. The molecule has 0 saturated heterocycles. The summed E-state index contributed by atoms with van der Waals surface area (Å²) in [7, 11) is 0. The van der Waals surface area contributed by atoms with E-state index >= 15 is 0 Å². The molecule has 5 nitrogen and oxygen atoms in total. The number of aliphatic carboxylic acids is 1. The second-order valence-corrected chi connectivity index (χ2v) is 3.65. The van der Waals surface area contributed by atoms with Gasteiger partial charge in [0.25, 0.3) is 0 Å². The van der Waals surface area contributed by atoms with Crippen LogP contribution in [0, 0.1) is 0 Å². The van der Waals surface area contributed by atoms with Gasteiger partial charge in [-0.05, 0) is 27.2 Å². The average molecular weight is 217 g/mol. The summed E-state index contributed by atoms with van der Waals surface area (Å²) >= 11 is 0. The molecule has 0 spiro atoms. The Balaban J connectivity index is 3.54. The van der Waals surface area contributed by atoms with Crippen LogP contribution in [0.4, 0.5) is 0 Å². The van der Waals surface area contributed by atoms with E-state index in [2.05, 4.69) is 5.32 Å². The lowest BCUT2D eigenvalue weighted by molar-refractivity contribution is -0.141. The Hall–Kier alpha value is -1.10. The highest BCUT2D eigenvalue weighted by atomic mass is 16.5. The molecule has 0 fully saturated rings. The van der Waals surface area contributed by atoms with Crippen molar-refractivity contribution in [1.29, 1.82) is 0 Å². The van der Waals surface area contributed by atoms with Crippen molar-refractivity contribution in [2.75, 3.05) is 6.61 Å². The molecule has 0 aliphatic rings. The van der Waals surface area contributed by atoms with Gasteiger partial charge in [0.05, 0.1) is 6.10 Å². The largest absolute Gasteiger partial charge is 0.480 e. The fourth-order valence-electron chi connectivity index (χ4n) is 0.927. The Morgan fingerprint density at radius 2 is 1.93 bits per heavy atom. The van der Waals surface area contributed by atoms with Gasteiger partial charge in [-0.3, -0.25) is 9.59 Å². The van der Waals surface area contributed by atoms with Crippen molar-refractivity contribution in [3.63, 3.8) is 0 Å². The third-order valence-corrected chi connectivity index (χ3v) is 1.75. The second-order valence-electron chi connectivity index (χ2n) is 3.65. The standard InChI is InChI=1S/C10H19NO4/c1-7(2)15-6-4-5-9(12)11-8(3)10(13)14/h7-8H,4-6H2,1-3H3,(H,11,12)(H,13,14)/t8-/m1/s1. The number of nitrogens with one attached hydrogen (secondary N) is 1. The molecule has 2 N–H and O–H groups in total. The monoisotopic (exact) mass is 217 g/mol. The van der Waals surface area contributed by atoms with Crippen molar-refractivity contribution in [2.45, 2.75) is 45.8 Å². The van der Waals surface area contributed by atoms with Crippen molar-refractivity contribution in [3.05, 3.63) is 0 Å². The molecule has 0 rings (SSSR count). The van der Waals surface area contributed by atoms with Crippen molar-refractivity contribution in [3.8, 4) is 0 Å². The summed E-state index contributed by atoms with van der Waals surface area (Å²) in [6.45, 7) is 5.80. The SMILES string of the molecule is CC(C)OCCCC(=O)N[C@H](C)C(=O)O. The van der Waals surface area contributed by atoms with Crippen molar-refractivity contribution < 1.29 is 19.4 Å². The first-order chi connectivity index (χ1) is 6.93. The van der Waals surface area contributed by atoms with E-state index < -0.39 is 12.0 Å². The van der Waals surface area contributed by atoms with Gasteiger partial charge in [0.1, 0.15) is 6.04 Å². The number of ether oxygens (including phenoxy) is 1. The molecule has 0 aromatic rings. The minimum absolute atomic E-state index is 0.158. The Bertz CT molecular complexity index is 215. The fourth-order valence-corrected chi connectivity index (χ4v) is 0.927. The van der Waals surface area contributed by atoms with Gasteiger partial charge in [-0.25, -0.2) is 0 Å². The lowest BCUT2D eigenvalue weighted by Crippen LogP contribution is -2.38. The molecule has 0 bridgehead atoms. The molecule has 0 aromatic carbocycles. The highest BCUT2D eigenvalue weighted by Gasteiger charge is 2.13. The maximum Gasteiger partial charge on any atom is 0.325 e. The van der Waals surface area contributed by atoms with Crippen LogP contribution in [0.2, 0.25) is 0 Å². The summed E-state index contributed by atoms with van der Waals surface area (Å²) < 4.78 is 5.25. The minimum atomic E-state index is -1.03. The number of carboxylic acids is 1. The maximum atomic E-state index is 11.2. The quantitative estimate of drug-likeness (QED) is 0.618. The van der Waals surface area contributed by atoms with Crippen molar-refractivity contribution in [1.82, 2.24) is 5.32 Å². The number of carbonyl (C=O) groups excluding carboxylic acids is 1. The number of rotatable bonds is 7. The maximum absolute atomic E-state index is 11.2. The molecule has 0 aliphatic heterocycles. The zero-order valence-electron chi connectivity index (χ0n) is 9.45. The molecule has 0 unspecified atom stereocenters. The topological polar surface area (TPSA) is 75.6 Å². The van der Waals surface area contributed by atoms with Crippen LogP contribution in [0.3, 0.4) is 0 Å². The first-order valence-corrected chi connectivity index (χ1v) is 5.07. The van der Waals surface area contributed by atoms with E-state index in [9.17, 15) is 9.59 Å². The molecule has 0 heterocycles. The summed E-state index contributed by atoms with van der Waals surface area (Å²) in [5, 5.41) is 10.9. The van der Waals surface area contributed by atoms with Gasteiger partial charge in [0.15, 0.2) is 0 Å². The van der Waals surface area contributed by atoms with E-state index in [1.54, 1.807) is 0 Å². The molecule has 88 valence electrons. The normalized spacial score (nSPS) is 12.5. The molecule has 5 heteroatoms. The second kappa shape index (κ2) is 7.23. The average Bonchev–Trinajstić information content (AvgIpc) is 2.12. The first-order valence-electron chi connectivity index (χ1n) is 5.07. The summed E-state index contributed by atoms with van der Waals surface area (Å²) in [6.07, 6.45) is 1.06. The summed E-state index contributed by atoms with van der Waals surface area (Å²) in [6, 6.07) is -0.830. The van der Waals surface area contributed by atoms with E-state index in [4.69, 9.17) is 9.84 Å². The van der Waals surface area contributed by atoms with E-state index in [-0.39, 0.29) is 12.0 Å². The number of hydrogen-bond donors (Lipinski definition) is 2. The van der Waals surface area contributed by atoms with Crippen LogP contribution in [-0.2, 0) is 14.3 Å². The van der Waals surface area contributed by atoms with E-state index in [0.29, 0.717) is 19.4 Å². The zero-order chi connectivity index (χ0) is 11.8. The Kier molecular flexibility index (Phi) is 6.70. The van der Waals surface area contributed by atoms with Crippen LogP contribution in [0.25, 0.3) is 0 Å². The number of carbonyl (C=O) groups is 2. The Morgan fingerprint density at radius 3 is 2.40 bits per heavy atom. The number of amides is 1. The Morgan fingerprint density at radius 1 is 1.33 bits per heavy atom. The molecule has 0 saturated carbocycles. The molecule has 0 radical (unpaired) electrons. The zero-order valence-corrected chi connectivity index (χ0v) is 9.45. The van der Waals surface area contributed by atoms with Gasteiger partial charge in [0, 0.05) is 13.0 Å². The fraction of sp³-hybridized carbons (Fsp3) is 0.800. The number of hydrogen-bond acceptors (Lipinski definition) is 3. The third kappa shape index (κ3) is 7.93. The molecule has 1 amide bonds. The predicted molar refractivity (Wildman–Crippen MR) is 55.6 cm³/mol. The lowest BCUT2D eigenvalue weighted by atomic mass is 10.2. The van der Waals surface area contributed by atoms with Crippen molar-refractivity contribution in [2.24, 2.45) is 0 Å². The molecule has 1 atom stereocenters. The highest BCUT2D eigenvalue weighted by molar-refractivity contribution is 5.83. The molecular formula is C10H19NO4. The number of carboxylic acid groups (broad SMARTS) is 1. The summed E-state index contributed by atoms with van der Waals surface area (Å²) in [4.78, 5) is 21.6. The van der Waals surface area contributed by atoms with Crippen LogP contribution in [-0.4, -0.2) is 35.7 Å². The molecular weight excluding hydrogens is 198 g/mol. The van der Waals surface area contributed by atoms with Crippen LogP contribution in [0.15, 0.2) is 0 Å². The molecule has 0 aromatic heterocycles. The summed E-state index contributed by atoms with van der Waals surface area (Å²) in [5.74, 6) is -1.28. The minimum Gasteiger partial charge on any atom is -0.480 e. The highest BCUT2D eigenvalue weighted by Crippen LogP contribution is 1.95. The summed E-state index contributed by atoms with van der Waals surface area (Å²) in [5.41, 5.74) is 0. The smallest absolute Gasteiger partial charge is 0.325 e. The van der Waals surface area contributed by atoms with Gasteiger partial charge >= 0.3 is 5.97 Å². The Labute approximate surface area is 89.8 Å². The van der Waals surface area contributed by atoms with Gasteiger partial charge in [-0.2, -0.15) is 0 Å². The molecule has 0 aliphatic carbocycles. The van der Waals surface area contributed by atoms with Gasteiger partial charge in [0.2, 0.25) is 5.91 Å².